The smallest absolute Gasteiger partial charge is 0.337 e. The summed E-state index contributed by atoms with van der Waals surface area (Å²) in [6.07, 6.45) is 3.90. The quantitative estimate of drug-likeness (QED) is 0.741. The summed E-state index contributed by atoms with van der Waals surface area (Å²) in [4.78, 5) is 17.5. The number of aromatic carboxylic acids is 1. The van der Waals surface area contributed by atoms with E-state index in [4.69, 9.17) is 10.8 Å². The summed E-state index contributed by atoms with van der Waals surface area (Å²) in [6.45, 7) is 5.18. The van der Waals surface area contributed by atoms with Crippen molar-refractivity contribution in [3.63, 3.8) is 0 Å². The fraction of sp³-hybridized carbons (Fsp3) is 0.538. The number of rotatable bonds is 5. The number of pyridine rings is 1. The van der Waals surface area contributed by atoms with Gasteiger partial charge in [0.25, 0.3) is 0 Å². The van der Waals surface area contributed by atoms with E-state index in [1.54, 1.807) is 0 Å². The molecule has 2 heterocycles. The molecular weight excluding hydrogens is 244 g/mol. The fourth-order valence-electron chi connectivity index (χ4n) is 2.31. The van der Waals surface area contributed by atoms with Crippen LogP contribution >= 0.6 is 0 Å². The van der Waals surface area contributed by atoms with Gasteiger partial charge in [-0.3, -0.25) is 4.90 Å². The van der Waals surface area contributed by atoms with Crippen LogP contribution in [0.1, 0.15) is 30.1 Å². The third-order valence-electron chi connectivity index (χ3n) is 3.51. The maximum atomic E-state index is 11.0. The minimum absolute atomic E-state index is 0.0892. The molecule has 0 radical (unpaired) electrons. The molecular formula is C13H20N4O2. The Morgan fingerprint density at radius 1 is 1.58 bits per heavy atom. The van der Waals surface area contributed by atoms with Crippen molar-refractivity contribution >= 4 is 17.5 Å². The van der Waals surface area contributed by atoms with E-state index >= 15 is 0 Å². The number of hydrogen-bond donors (Lipinski definition) is 3. The predicted molar refractivity (Wildman–Crippen MR) is 74.4 cm³/mol. The molecule has 1 saturated heterocycles. The number of anilines is 2. The van der Waals surface area contributed by atoms with E-state index < -0.39 is 5.97 Å². The molecule has 0 bridgehead atoms. The normalized spacial score (nSPS) is 17.3. The Kier molecular flexibility index (Phi) is 4.21. The number of nitrogens with zero attached hydrogens (tertiary/aromatic N) is 2. The number of nitrogen functional groups attached to an aromatic ring is 1. The minimum atomic E-state index is -1.03. The molecule has 0 amide bonds. The van der Waals surface area contributed by atoms with Crippen LogP contribution in [0.4, 0.5) is 11.5 Å². The topological polar surface area (TPSA) is 91.5 Å². The highest BCUT2D eigenvalue weighted by atomic mass is 16.4. The van der Waals surface area contributed by atoms with Gasteiger partial charge in [0.15, 0.2) is 0 Å². The Labute approximate surface area is 112 Å². The van der Waals surface area contributed by atoms with Gasteiger partial charge < -0.3 is 16.2 Å². The second-order valence-electron chi connectivity index (χ2n) is 4.93. The third-order valence-corrected chi connectivity index (χ3v) is 3.51. The van der Waals surface area contributed by atoms with Crippen molar-refractivity contribution in [1.29, 1.82) is 0 Å². The van der Waals surface area contributed by atoms with Crippen LogP contribution in [0.5, 0.6) is 0 Å². The van der Waals surface area contributed by atoms with E-state index in [9.17, 15) is 4.79 Å². The lowest BCUT2D eigenvalue weighted by molar-refractivity contribution is 0.0698. The number of carbonyl (C=O) groups is 1. The summed E-state index contributed by atoms with van der Waals surface area (Å²) in [5.41, 5.74) is 5.84. The van der Waals surface area contributed by atoms with E-state index in [-0.39, 0.29) is 11.3 Å². The summed E-state index contributed by atoms with van der Waals surface area (Å²) < 4.78 is 0. The molecule has 4 N–H and O–H groups in total. The maximum Gasteiger partial charge on any atom is 0.337 e. The average Bonchev–Trinajstić information content (AvgIpc) is 2.91. The Balaban J connectivity index is 1.95. The Bertz CT molecular complexity index is 458. The Morgan fingerprint density at radius 3 is 2.89 bits per heavy atom. The van der Waals surface area contributed by atoms with Crippen LogP contribution < -0.4 is 11.1 Å². The van der Waals surface area contributed by atoms with Gasteiger partial charge in [-0.05, 0) is 38.9 Å². The standard InChI is InChI=1S/C13H20N4O2/c1-9(17-4-2-3-5-17)7-15-12-6-10(13(18)19)11(14)8-16-12/h6,8-9H,2-5,7,14H2,1H3,(H,15,16)(H,18,19). The van der Waals surface area contributed by atoms with Gasteiger partial charge >= 0.3 is 5.97 Å². The molecule has 1 fully saturated rings. The van der Waals surface area contributed by atoms with Crippen molar-refractivity contribution in [2.45, 2.75) is 25.8 Å². The van der Waals surface area contributed by atoms with Crippen LogP contribution in [0.25, 0.3) is 0 Å². The van der Waals surface area contributed by atoms with Crippen molar-refractivity contribution in [1.82, 2.24) is 9.88 Å². The van der Waals surface area contributed by atoms with Gasteiger partial charge in [-0.25, -0.2) is 9.78 Å². The molecule has 0 saturated carbocycles. The molecule has 2 rings (SSSR count). The molecule has 1 aromatic heterocycles. The van der Waals surface area contributed by atoms with Gasteiger partial charge in [0.05, 0.1) is 17.4 Å². The molecule has 1 aromatic rings. The summed E-state index contributed by atoms with van der Waals surface area (Å²) in [5, 5.41) is 12.2. The first-order chi connectivity index (χ1) is 9.08. The molecule has 1 atom stereocenters. The number of likely N-dealkylation sites (tertiary alicyclic amines) is 1. The van der Waals surface area contributed by atoms with Gasteiger partial charge in [-0.1, -0.05) is 0 Å². The summed E-state index contributed by atoms with van der Waals surface area (Å²) in [6, 6.07) is 1.89. The summed E-state index contributed by atoms with van der Waals surface area (Å²) >= 11 is 0. The lowest BCUT2D eigenvalue weighted by atomic mass is 10.2. The number of hydrogen-bond acceptors (Lipinski definition) is 5. The average molecular weight is 264 g/mol. The molecule has 1 aliphatic heterocycles. The van der Waals surface area contributed by atoms with E-state index in [1.807, 2.05) is 0 Å². The second kappa shape index (κ2) is 5.88. The van der Waals surface area contributed by atoms with Gasteiger partial charge in [-0.2, -0.15) is 0 Å². The Morgan fingerprint density at radius 2 is 2.26 bits per heavy atom. The van der Waals surface area contributed by atoms with Crippen LogP contribution in [0.2, 0.25) is 0 Å². The first-order valence-corrected chi connectivity index (χ1v) is 6.54. The molecule has 1 aliphatic rings. The molecule has 19 heavy (non-hydrogen) atoms. The van der Waals surface area contributed by atoms with E-state index in [1.165, 1.54) is 25.1 Å². The van der Waals surface area contributed by atoms with Crippen LogP contribution in [0, 0.1) is 0 Å². The van der Waals surface area contributed by atoms with Crippen molar-refractivity contribution < 1.29 is 9.90 Å². The predicted octanol–water partition coefficient (Wildman–Crippen LogP) is 1.26. The zero-order chi connectivity index (χ0) is 13.8. The summed E-state index contributed by atoms with van der Waals surface area (Å²) in [5.74, 6) is -0.479. The highest BCUT2D eigenvalue weighted by Gasteiger charge is 2.18. The lowest BCUT2D eigenvalue weighted by Gasteiger charge is -2.24. The van der Waals surface area contributed by atoms with E-state index in [0.29, 0.717) is 11.9 Å². The largest absolute Gasteiger partial charge is 0.478 e. The Hall–Kier alpha value is -1.82. The van der Waals surface area contributed by atoms with Crippen molar-refractivity contribution in [2.75, 3.05) is 30.7 Å². The van der Waals surface area contributed by atoms with Crippen LogP contribution in [0.15, 0.2) is 12.3 Å². The number of aromatic nitrogens is 1. The van der Waals surface area contributed by atoms with Gasteiger partial charge in [0.2, 0.25) is 0 Å². The highest BCUT2D eigenvalue weighted by Crippen LogP contribution is 2.16. The van der Waals surface area contributed by atoms with Crippen LogP contribution in [0.3, 0.4) is 0 Å². The van der Waals surface area contributed by atoms with Gasteiger partial charge in [0, 0.05) is 12.6 Å². The van der Waals surface area contributed by atoms with E-state index in [0.717, 1.165) is 19.6 Å². The SMILES string of the molecule is CC(CNc1cc(C(=O)O)c(N)cn1)N1CCCC1. The number of nitrogens with one attached hydrogen (secondary N) is 1. The third kappa shape index (κ3) is 3.35. The molecule has 0 aliphatic carbocycles. The molecule has 6 heteroatoms. The molecule has 0 aromatic carbocycles. The maximum absolute atomic E-state index is 11.0. The fourth-order valence-corrected chi connectivity index (χ4v) is 2.31. The summed E-state index contributed by atoms with van der Waals surface area (Å²) in [7, 11) is 0. The van der Waals surface area contributed by atoms with Crippen molar-refractivity contribution in [2.24, 2.45) is 0 Å². The van der Waals surface area contributed by atoms with Crippen LogP contribution in [-0.4, -0.2) is 46.6 Å². The number of carboxylic acid groups (broad SMARTS) is 1. The lowest BCUT2D eigenvalue weighted by Crippen LogP contribution is -2.35. The molecule has 1 unspecified atom stereocenters. The van der Waals surface area contributed by atoms with Crippen molar-refractivity contribution in [3.05, 3.63) is 17.8 Å². The number of nitrogens with two attached hydrogens (primary N) is 1. The second-order valence-corrected chi connectivity index (χ2v) is 4.93. The van der Waals surface area contributed by atoms with Gasteiger partial charge in [0.1, 0.15) is 5.82 Å². The molecule has 104 valence electrons. The van der Waals surface area contributed by atoms with E-state index in [2.05, 4.69) is 22.1 Å². The van der Waals surface area contributed by atoms with Crippen LogP contribution in [-0.2, 0) is 0 Å². The highest BCUT2D eigenvalue weighted by molar-refractivity contribution is 5.94. The molecule has 6 nitrogen and oxygen atoms in total. The minimum Gasteiger partial charge on any atom is -0.478 e. The monoisotopic (exact) mass is 264 g/mol. The number of carboxylic acids is 1. The zero-order valence-corrected chi connectivity index (χ0v) is 11.1. The molecule has 0 spiro atoms. The van der Waals surface area contributed by atoms with Gasteiger partial charge in [-0.15, -0.1) is 0 Å². The first-order valence-electron chi connectivity index (χ1n) is 6.54. The zero-order valence-electron chi connectivity index (χ0n) is 11.1. The first kappa shape index (κ1) is 13.6. The van der Waals surface area contributed by atoms with Crippen molar-refractivity contribution in [3.8, 4) is 0 Å².